The van der Waals surface area contributed by atoms with Gasteiger partial charge in [-0.15, -0.1) is 0 Å². The van der Waals surface area contributed by atoms with E-state index in [1.54, 1.807) is 7.11 Å². The maximum absolute atomic E-state index is 12.9. The fraction of sp³-hybridized carbons (Fsp3) is 0.500. The van der Waals surface area contributed by atoms with Crippen LogP contribution in [0.3, 0.4) is 0 Å². The average molecular weight is 437 g/mol. The quantitative estimate of drug-likeness (QED) is 0.609. The van der Waals surface area contributed by atoms with E-state index in [4.69, 9.17) is 10.5 Å². The fourth-order valence-corrected chi connectivity index (χ4v) is 5.31. The number of carbonyl (C=O) groups is 1. The molecule has 1 fully saturated rings. The summed E-state index contributed by atoms with van der Waals surface area (Å²) >= 11 is 0. The van der Waals surface area contributed by atoms with Crippen LogP contribution < -0.4 is 21.1 Å². The van der Waals surface area contributed by atoms with Crippen molar-refractivity contribution in [2.75, 3.05) is 32.1 Å². The minimum atomic E-state index is -0.137. The summed E-state index contributed by atoms with van der Waals surface area (Å²) in [4.78, 5) is 15.3. The second-order valence-electron chi connectivity index (χ2n) is 8.93. The van der Waals surface area contributed by atoms with Crippen molar-refractivity contribution in [3.8, 4) is 5.75 Å². The monoisotopic (exact) mass is 436 g/mol. The van der Waals surface area contributed by atoms with E-state index in [2.05, 4.69) is 41.5 Å². The molecule has 0 bridgehead atoms. The van der Waals surface area contributed by atoms with Gasteiger partial charge in [0.05, 0.1) is 13.2 Å². The van der Waals surface area contributed by atoms with Crippen LogP contribution in [0.5, 0.6) is 5.75 Å². The third-order valence-corrected chi connectivity index (χ3v) is 7.22. The standard InChI is InChI=1S/C26H36N4O2/c1-4-21-24(27)22-15-18(26(31)28-16-19-7-6-14-30(19)5-2)10-13-23(22)29-25(21)17-8-11-20(32-3)12-9-17/h8-13,15,19,21,24-25,29H,4-7,14,16,27H2,1-3H3,(H,28,31)/t19?,21-,24+,25?/m1/s1. The lowest BCUT2D eigenvalue weighted by Gasteiger charge is -2.39. The number of nitrogens with zero attached hydrogens (tertiary/aromatic N) is 1. The van der Waals surface area contributed by atoms with Crippen LogP contribution in [-0.4, -0.2) is 43.6 Å². The van der Waals surface area contributed by atoms with Gasteiger partial charge in [0.1, 0.15) is 5.75 Å². The highest BCUT2D eigenvalue weighted by Crippen LogP contribution is 2.44. The summed E-state index contributed by atoms with van der Waals surface area (Å²) in [6.07, 6.45) is 3.30. The van der Waals surface area contributed by atoms with Crippen LogP contribution >= 0.6 is 0 Å². The Morgan fingerprint density at radius 1 is 1.22 bits per heavy atom. The van der Waals surface area contributed by atoms with Crippen LogP contribution in [0.15, 0.2) is 42.5 Å². The molecule has 0 saturated carbocycles. The predicted molar refractivity (Wildman–Crippen MR) is 129 cm³/mol. The van der Waals surface area contributed by atoms with Crippen molar-refractivity contribution >= 4 is 11.6 Å². The molecule has 2 unspecified atom stereocenters. The second-order valence-corrected chi connectivity index (χ2v) is 8.93. The Morgan fingerprint density at radius 2 is 2.00 bits per heavy atom. The van der Waals surface area contributed by atoms with Gasteiger partial charge < -0.3 is 21.1 Å². The first-order chi connectivity index (χ1) is 15.5. The van der Waals surface area contributed by atoms with E-state index in [0.717, 1.165) is 42.9 Å². The summed E-state index contributed by atoms with van der Waals surface area (Å²) < 4.78 is 5.30. The van der Waals surface area contributed by atoms with Crippen LogP contribution in [0.1, 0.15) is 66.7 Å². The number of carbonyl (C=O) groups excluding carboxylic acids is 1. The van der Waals surface area contributed by atoms with E-state index in [9.17, 15) is 4.79 Å². The molecule has 32 heavy (non-hydrogen) atoms. The molecule has 2 aliphatic heterocycles. The number of methoxy groups -OCH3 is 1. The smallest absolute Gasteiger partial charge is 0.251 e. The number of hydrogen-bond donors (Lipinski definition) is 3. The molecule has 4 rings (SSSR count). The Labute approximate surface area is 191 Å². The normalized spacial score (nSPS) is 25.1. The molecule has 2 aliphatic rings. The molecule has 0 aliphatic carbocycles. The topological polar surface area (TPSA) is 79.6 Å². The zero-order chi connectivity index (χ0) is 22.7. The molecule has 4 N–H and O–H groups in total. The third-order valence-electron chi connectivity index (χ3n) is 7.22. The molecule has 6 heteroatoms. The molecule has 1 saturated heterocycles. The van der Waals surface area contributed by atoms with E-state index in [1.165, 1.54) is 12.0 Å². The zero-order valence-corrected chi connectivity index (χ0v) is 19.4. The van der Waals surface area contributed by atoms with Crippen LogP contribution in [0, 0.1) is 5.92 Å². The molecule has 172 valence electrons. The highest BCUT2D eigenvalue weighted by molar-refractivity contribution is 5.95. The average Bonchev–Trinajstić information content (AvgIpc) is 3.30. The minimum absolute atomic E-state index is 0.0201. The summed E-state index contributed by atoms with van der Waals surface area (Å²) in [5, 5.41) is 6.82. The highest BCUT2D eigenvalue weighted by Gasteiger charge is 2.34. The molecule has 1 amide bonds. The van der Waals surface area contributed by atoms with Crippen molar-refractivity contribution in [2.45, 2.75) is 51.2 Å². The van der Waals surface area contributed by atoms with Crippen molar-refractivity contribution in [2.24, 2.45) is 11.7 Å². The van der Waals surface area contributed by atoms with Gasteiger partial charge in [-0.1, -0.05) is 26.0 Å². The maximum Gasteiger partial charge on any atom is 0.251 e. The lowest BCUT2D eigenvalue weighted by Crippen LogP contribution is -2.40. The number of nitrogens with one attached hydrogen (secondary N) is 2. The maximum atomic E-state index is 12.9. The number of hydrogen-bond acceptors (Lipinski definition) is 5. The summed E-state index contributed by atoms with van der Waals surface area (Å²) in [5.41, 5.74) is 10.7. The van der Waals surface area contributed by atoms with E-state index < -0.39 is 0 Å². The molecular formula is C26H36N4O2. The number of anilines is 1. The first-order valence-corrected chi connectivity index (χ1v) is 11.9. The zero-order valence-electron chi connectivity index (χ0n) is 19.4. The van der Waals surface area contributed by atoms with Gasteiger partial charge in [0, 0.05) is 35.8 Å². The number of likely N-dealkylation sites (N-methyl/N-ethyl adjacent to an activating group) is 1. The molecular weight excluding hydrogens is 400 g/mol. The summed E-state index contributed by atoms with van der Waals surface area (Å²) in [5.74, 6) is 1.05. The molecule has 0 radical (unpaired) electrons. The Morgan fingerprint density at radius 3 is 2.69 bits per heavy atom. The fourth-order valence-electron chi connectivity index (χ4n) is 5.31. The number of likely N-dealkylation sites (tertiary alicyclic amines) is 1. The summed E-state index contributed by atoms with van der Waals surface area (Å²) in [6, 6.07) is 14.5. The second kappa shape index (κ2) is 9.92. The van der Waals surface area contributed by atoms with Gasteiger partial charge in [-0.2, -0.15) is 0 Å². The third kappa shape index (κ3) is 4.48. The molecule has 0 spiro atoms. The molecule has 2 heterocycles. The number of rotatable bonds is 7. The molecule has 4 atom stereocenters. The van der Waals surface area contributed by atoms with Gasteiger partial charge >= 0.3 is 0 Å². The largest absolute Gasteiger partial charge is 0.497 e. The number of amides is 1. The van der Waals surface area contributed by atoms with Gasteiger partial charge in [-0.3, -0.25) is 9.69 Å². The van der Waals surface area contributed by atoms with Gasteiger partial charge in [0.15, 0.2) is 0 Å². The molecule has 2 aromatic rings. The van der Waals surface area contributed by atoms with Crippen molar-refractivity contribution in [1.82, 2.24) is 10.2 Å². The van der Waals surface area contributed by atoms with E-state index in [-0.39, 0.29) is 23.9 Å². The number of ether oxygens (including phenoxy) is 1. The van der Waals surface area contributed by atoms with Crippen molar-refractivity contribution in [3.63, 3.8) is 0 Å². The summed E-state index contributed by atoms with van der Waals surface area (Å²) in [6.45, 7) is 7.22. The Balaban J connectivity index is 1.50. The van der Waals surface area contributed by atoms with Gasteiger partial charge in [0.2, 0.25) is 0 Å². The molecule has 6 nitrogen and oxygen atoms in total. The van der Waals surface area contributed by atoms with E-state index in [1.807, 2.05) is 30.3 Å². The van der Waals surface area contributed by atoms with Gasteiger partial charge in [0.25, 0.3) is 5.91 Å². The van der Waals surface area contributed by atoms with Gasteiger partial charge in [-0.05, 0) is 73.8 Å². The first-order valence-electron chi connectivity index (χ1n) is 11.9. The van der Waals surface area contributed by atoms with Crippen LogP contribution in [0.25, 0.3) is 0 Å². The van der Waals surface area contributed by atoms with Crippen LogP contribution in [0.4, 0.5) is 5.69 Å². The lowest BCUT2D eigenvalue weighted by atomic mass is 9.78. The lowest BCUT2D eigenvalue weighted by molar-refractivity contribution is 0.0941. The van der Waals surface area contributed by atoms with Crippen LogP contribution in [-0.2, 0) is 0 Å². The molecule has 2 aromatic carbocycles. The van der Waals surface area contributed by atoms with Crippen molar-refractivity contribution in [1.29, 1.82) is 0 Å². The Kier molecular flexibility index (Phi) is 7.01. The van der Waals surface area contributed by atoms with E-state index >= 15 is 0 Å². The highest BCUT2D eigenvalue weighted by atomic mass is 16.5. The van der Waals surface area contributed by atoms with E-state index in [0.29, 0.717) is 18.2 Å². The van der Waals surface area contributed by atoms with Crippen molar-refractivity contribution in [3.05, 3.63) is 59.2 Å². The minimum Gasteiger partial charge on any atom is -0.497 e. The molecule has 0 aromatic heterocycles. The first kappa shape index (κ1) is 22.6. The van der Waals surface area contributed by atoms with Crippen molar-refractivity contribution < 1.29 is 9.53 Å². The van der Waals surface area contributed by atoms with Gasteiger partial charge in [-0.25, -0.2) is 0 Å². The Bertz CT molecular complexity index is 930. The number of fused-ring (bicyclic) bond motifs is 1. The predicted octanol–water partition coefficient (Wildman–Crippen LogP) is 4.10. The van der Waals surface area contributed by atoms with Crippen LogP contribution in [0.2, 0.25) is 0 Å². The summed E-state index contributed by atoms with van der Waals surface area (Å²) in [7, 11) is 1.68. The number of nitrogens with two attached hydrogens (primary N) is 1. The Hall–Kier alpha value is -2.57. The SMILES string of the molecule is CC[C@H]1C(c2ccc(OC)cc2)Nc2ccc(C(=O)NCC3CCCN3CC)cc2[C@H]1N. The number of benzene rings is 2.